The number of nitriles is 4. The molecular formula is C66H77N9O5S2. The summed E-state index contributed by atoms with van der Waals surface area (Å²) in [6.45, 7) is 38.3. The zero-order chi connectivity index (χ0) is 60.0. The van der Waals surface area contributed by atoms with Crippen LogP contribution in [0.5, 0.6) is 0 Å². The third-order valence-corrected chi connectivity index (χ3v) is 14.8. The molecule has 2 aliphatic rings. The number of carboxylic acids is 1. The van der Waals surface area contributed by atoms with E-state index in [4.69, 9.17) is 48.3 Å². The van der Waals surface area contributed by atoms with Crippen molar-refractivity contribution < 1.29 is 24.2 Å². The Morgan fingerprint density at radius 2 is 1.01 bits per heavy atom. The predicted octanol–water partition coefficient (Wildman–Crippen LogP) is 17.3. The van der Waals surface area contributed by atoms with E-state index in [1.165, 1.54) is 79.6 Å². The van der Waals surface area contributed by atoms with Gasteiger partial charge >= 0.3 is 0 Å². The Morgan fingerprint density at radius 3 is 1.35 bits per heavy atom. The van der Waals surface area contributed by atoms with Crippen LogP contribution < -0.4 is 16.0 Å². The van der Waals surface area contributed by atoms with E-state index in [0.717, 1.165) is 70.0 Å². The molecule has 4 heterocycles. The summed E-state index contributed by atoms with van der Waals surface area (Å²) in [7, 11) is 0. The SMILES string of the molecule is CC(=O)O.CC1=C(C#N)C(=C(C#N)C#N)OC1(C)C.CCCCN(CCCC)c1ccc(/C=C/c2ccc(C=O)s2)cc1.N.[C-]#[N+]C1=C(/C=C/c2ccc(/C=C/c3ccc(N(CCCC)CCCC)cc3)s2)C(C)(C)O/C1=C(\C#N)[N+]#[C-]. The molecule has 0 fully saturated rings. The molecule has 0 bridgehead atoms. The lowest BCUT2D eigenvalue weighted by Gasteiger charge is -2.24. The molecule has 428 valence electrons. The summed E-state index contributed by atoms with van der Waals surface area (Å²) in [4.78, 5) is 35.6. The highest BCUT2D eigenvalue weighted by Crippen LogP contribution is 2.42. The van der Waals surface area contributed by atoms with Crippen LogP contribution in [0.15, 0.2) is 124 Å². The number of anilines is 2. The van der Waals surface area contributed by atoms with Gasteiger partial charge < -0.3 is 30.5 Å². The van der Waals surface area contributed by atoms with Gasteiger partial charge in [0.05, 0.1) is 29.7 Å². The Bertz CT molecular complexity index is 3200. The lowest BCUT2D eigenvalue weighted by Crippen LogP contribution is -2.25. The molecule has 16 heteroatoms. The average Bonchev–Trinajstić information content (AvgIpc) is 4.45. The number of benzene rings is 2. The van der Waals surface area contributed by atoms with Crippen LogP contribution in [0.4, 0.5) is 11.4 Å². The number of allylic oxidation sites excluding steroid dienone is 3. The van der Waals surface area contributed by atoms with E-state index in [1.54, 1.807) is 44.2 Å². The van der Waals surface area contributed by atoms with Gasteiger partial charge in [-0.05, 0) is 144 Å². The van der Waals surface area contributed by atoms with E-state index in [1.807, 2.05) is 56.3 Å². The molecule has 0 aliphatic carbocycles. The van der Waals surface area contributed by atoms with Crippen molar-refractivity contribution in [3.8, 4) is 24.3 Å². The van der Waals surface area contributed by atoms with Crippen LogP contribution in [0.2, 0.25) is 0 Å². The first-order chi connectivity index (χ1) is 38.8. The molecule has 2 aromatic carbocycles. The largest absolute Gasteiger partial charge is 0.505 e. The van der Waals surface area contributed by atoms with Crippen LogP contribution in [-0.2, 0) is 14.3 Å². The predicted molar refractivity (Wildman–Crippen MR) is 336 cm³/mol. The Balaban J connectivity index is 0.000000443. The van der Waals surface area contributed by atoms with Crippen molar-refractivity contribution in [2.45, 2.75) is 132 Å². The Morgan fingerprint density at radius 1 is 0.622 bits per heavy atom. The van der Waals surface area contributed by atoms with Gasteiger partial charge in [0.25, 0.3) is 11.7 Å². The van der Waals surface area contributed by atoms with Gasteiger partial charge in [0.2, 0.25) is 5.70 Å². The molecular weight excluding hydrogens is 1060 g/mol. The number of hydrogen-bond acceptors (Lipinski definition) is 13. The van der Waals surface area contributed by atoms with Gasteiger partial charge in [-0.25, -0.2) is 15.0 Å². The fourth-order valence-corrected chi connectivity index (χ4v) is 9.60. The maximum absolute atomic E-state index is 10.7. The molecule has 82 heavy (non-hydrogen) atoms. The van der Waals surface area contributed by atoms with Gasteiger partial charge in [-0.3, -0.25) is 9.59 Å². The zero-order valence-electron chi connectivity index (χ0n) is 49.1. The fourth-order valence-electron chi connectivity index (χ4n) is 8.05. The summed E-state index contributed by atoms with van der Waals surface area (Å²) in [5, 5.41) is 43.0. The normalized spacial score (nSPS) is 14.1. The van der Waals surface area contributed by atoms with E-state index in [-0.39, 0.29) is 40.2 Å². The molecule has 2 aliphatic heterocycles. The minimum atomic E-state index is -0.833. The lowest BCUT2D eigenvalue weighted by molar-refractivity contribution is -0.134. The number of carbonyl (C=O) groups is 2. The van der Waals surface area contributed by atoms with Crippen molar-refractivity contribution in [2.75, 3.05) is 36.0 Å². The van der Waals surface area contributed by atoms with Crippen molar-refractivity contribution in [2.24, 2.45) is 0 Å². The summed E-state index contributed by atoms with van der Waals surface area (Å²) in [6.07, 6.45) is 22.9. The molecule has 0 unspecified atom stereocenters. The van der Waals surface area contributed by atoms with E-state index in [0.29, 0.717) is 5.57 Å². The maximum Gasteiger partial charge on any atom is 0.300 e. The smallest absolute Gasteiger partial charge is 0.300 e. The van der Waals surface area contributed by atoms with Crippen molar-refractivity contribution in [3.05, 3.63) is 178 Å². The van der Waals surface area contributed by atoms with Gasteiger partial charge in [-0.2, -0.15) is 15.8 Å². The number of nitrogens with zero attached hydrogens (tertiary/aromatic N) is 8. The first-order valence-corrected chi connectivity index (χ1v) is 28.7. The van der Waals surface area contributed by atoms with Gasteiger partial charge in [-0.15, -0.1) is 22.7 Å². The number of thiophene rings is 2. The second-order valence-electron chi connectivity index (χ2n) is 19.7. The van der Waals surface area contributed by atoms with Crippen molar-refractivity contribution >= 4 is 76.7 Å². The molecule has 0 atom stereocenters. The van der Waals surface area contributed by atoms with Crippen LogP contribution in [0.1, 0.15) is 156 Å². The van der Waals surface area contributed by atoms with Crippen molar-refractivity contribution in [3.63, 3.8) is 0 Å². The highest BCUT2D eigenvalue weighted by molar-refractivity contribution is 7.14. The Kier molecular flexibility index (Phi) is 30.3. The van der Waals surface area contributed by atoms with Gasteiger partial charge in [0.1, 0.15) is 35.2 Å². The second kappa shape index (κ2) is 35.8. The van der Waals surface area contributed by atoms with E-state index < -0.39 is 17.2 Å². The molecule has 0 spiro atoms. The minimum Gasteiger partial charge on any atom is -0.505 e. The minimum absolute atomic E-state index is 0. The summed E-state index contributed by atoms with van der Waals surface area (Å²) in [5.41, 5.74) is 5.09. The molecule has 4 aromatic rings. The summed E-state index contributed by atoms with van der Waals surface area (Å²) >= 11 is 3.17. The van der Waals surface area contributed by atoms with Crippen LogP contribution in [0, 0.1) is 58.5 Å². The van der Waals surface area contributed by atoms with Gasteiger partial charge in [0.15, 0.2) is 17.6 Å². The Labute approximate surface area is 495 Å². The molecule has 0 amide bonds. The van der Waals surface area contributed by atoms with Crippen molar-refractivity contribution in [1.82, 2.24) is 6.15 Å². The number of aldehydes is 1. The fraction of sp³-hybridized carbons (Fsp3) is 0.364. The second-order valence-corrected chi connectivity index (χ2v) is 22.0. The van der Waals surface area contributed by atoms with Gasteiger partial charge in [0, 0.05) is 64.7 Å². The number of rotatable bonds is 21. The Hall–Kier alpha value is -8.74. The van der Waals surface area contributed by atoms with Crippen LogP contribution >= 0.6 is 22.7 Å². The molecule has 6 rings (SSSR count). The number of hydrogen-bond donors (Lipinski definition) is 2. The highest BCUT2D eigenvalue weighted by atomic mass is 32.1. The number of carboxylic acid groups (broad SMARTS) is 1. The third kappa shape index (κ3) is 21.4. The monoisotopic (exact) mass is 1140 g/mol. The molecule has 2 aromatic heterocycles. The van der Waals surface area contributed by atoms with E-state index in [9.17, 15) is 10.1 Å². The molecule has 14 nitrogen and oxygen atoms in total. The zero-order valence-corrected chi connectivity index (χ0v) is 50.8. The molecule has 0 saturated heterocycles. The maximum atomic E-state index is 10.7. The van der Waals surface area contributed by atoms with Crippen LogP contribution in [-0.4, -0.2) is 54.7 Å². The quantitative estimate of drug-likeness (QED) is 0.0452. The number of carbonyl (C=O) groups excluding carboxylic acids is 1. The summed E-state index contributed by atoms with van der Waals surface area (Å²) in [5.74, 6) is -0.660. The van der Waals surface area contributed by atoms with Gasteiger partial charge in [-0.1, -0.05) is 95.9 Å². The highest BCUT2D eigenvalue weighted by Gasteiger charge is 2.39. The molecule has 4 N–H and O–H groups in total. The van der Waals surface area contributed by atoms with Crippen LogP contribution in [0.3, 0.4) is 0 Å². The number of ether oxygens (including phenoxy) is 2. The number of unbranched alkanes of at least 4 members (excludes halogenated alkanes) is 4. The summed E-state index contributed by atoms with van der Waals surface area (Å²) in [6, 6.07) is 32.8. The molecule has 0 radical (unpaired) electrons. The molecule has 0 saturated carbocycles. The van der Waals surface area contributed by atoms with E-state index >= 15 is 0 Å². The lowest BCUT2D eigenvalue weighted by atomic mass is 9.97. The number of aliphatic carboxylic acids is 1. The van der Waals surface area contributed by atoms with E-state index in [2.05, 4.69) is 126 Å². The average molecular weight is 1140 g/mol. The first kappa shape index (κ1) is 69.4. The van der Waals surface area contributed by atoms with Crippen LogP contribution in [0.25, 0.3) is 40.1 Å². The van der Waals surface area contributed by atoms with Crippen molar-refractivity contribution in [1.29, 1.82) is 21.0 Å². The summed E-state index contributed by atoms with van der Waals surface area (Å²) < 4.78 is 11.3. The third-order valence-electron chi connectivity index (χ3n) is 12.8. The topological polar surface area (TPSA) is 218 Å². The standard InChI is InChI=1S/C32H34N4OS.C21H27NOS.C11H9N3O.C2H4O2.H3N/c1-7-9-21-36(22-10-8-2)25-14-11-24(12-15-25)13-16-26-17-18-27(38-26)19-20-28-30(35-6)31(29(23-33)34-5)37-32(28,3)4;1-3-5-15-22(16-6-4-2)19-10-7-18(8-11-19)9-12-20-13-14-21(17-23)24-20;1-7-9(6-14)10(8(4-12)5-13)15-11(7,2)3;1-2(3)4;/h11-20H,7-10,21-22H2,1-4H3;7-14,17H,3-6,15-16H2,1-2H3;1-3H3;1H3,(H,3,4);1H3/b16-13+,20-19+,31-29+;12-9+;;;. The first-order valence-electron chi connectivity index (χ1n) is 27.1.